The van der Waals surface area contributed by atoms with Crippen molar-refractivity contribution in [3.63, 3.8) is 0 Å². The number of nitrogens with zero attached hydrogens (tertiary/aromatic N) is 3. The third kappa shape index (κ3) is 5.67. The van der Waals surface area contributed by atoms with E-state index in [1.807, 2.05) is 0 Å². The number of aromatic nitrogens is 3. The standard InChI is InChI=1S/C19H13Br2N3O4/c20-16-8-1-4-12(22-16)10-27-18(25)14-6-3-7-15(24-14)19(26)28-11-13-5-2-9-17(21)23-13/h1-9H,10-11H2. The van der Waals surface area contributed by atoms with Gasteiger partial charge in [-0.05, 0) is 68.3 Å². The summed E-state index contributed by atoms with van der Waals surface area (Å²) >= 11 is 6.51. The van der Waals surface area contributed by atoms with Gasteiger partial charge < -0.3 is 9.47 Å². The monoisotopic (exact) mass is 505 g/mol. The highest BCUT2D eigenvalue weighted by atomic mass is 79.9. The Bertz CT molecular complexity index is 937. The molecule has 142 valence electrons. The summed E-state index contributed by atoms with van der Waals surface area (Å²) in [6.45, 7) is -0.0215. The first-order valence-electron chi connectivity index (χ1n) is 8.05. The zero-order valence-electron chi connectivity index (χ0n) is 14.3. The minimum absolute atomic E-state index is 0.00465. The van der Waals surface area contributed by atoms with E-state index in [9.17, 15) is 9.59 Å². The number of ether oxygens (including phenoxy) is 2. The molecule has 3 heterocycles. The third-order valence-electron chi connectivity index (χ3n) is 3.42. The number of pyridine rings is 3. The van der Waals surface area contributed by atoms with Crippen LogP contribution in [0.1, 0.15) is 32.4 Å². The minimum atomic E-state index is -0.662. The molecular formula is C19H13Br2N3O4. The molecule has 0 fully saturated rings. The van der Waals surface area contributed by atoms with E-state index in [1.54, 1.807) is 36.4 Å². The van der Waals surface area contributed by atoms with E-state index in [-0.39, 0.29) is 24.6 Å². The van der Waals surface area contributed by atoms with Crippen molar-refractivity contribution in [2.24, 2.45) is 0 Å². The molecule has 3 rings (SSSR count). The topological polar surface area (TPSA) is 91.3 Å². The molecule has 0 unspecified atom stereocenters. The van der Waals surface area contributed by atoms with Crippen LogP contribution in [-0.2, 0) is 22.7 Å². The van der Waals surface area contributed by atoms with Crippen LogP contribution in [0.15, 0.2) is 63.8 Å². The van der Waals surface area contributed by atoms with Crippen LogP contribution in [0.5, 0.6) is 0 Å². The summed E-state index contributed by atoms with van der Waals surface area (Å²) in [7, 11) is 0. The van der Waals surface area contributed by atoms with Gasteiger partial charge in [0.1, 0.15) is 33.8 Å². The van der Waals surface area contributed by atoms with E-state index in [1.165, 1.54) is 18.2 Å². The first-order chi connectivity index (χ1) is 13.5. The van der Waals surface area contributed by atoms with Gasteiger partial charge in [-0.15, -0.1) is 0 Å². The summed E-state index contributed by atoms with van der Waals surface area (Å²) in [5, 5.41) is 0. The van der Waals surface area contributed by atoms with Gasteiger partial charge in [0.25, 0.3) is 0 Å². The van der Waals surface area contributed by atoms with Crippen LogP contribution >= 0.6 is 31.9 Å². The number of hydrogen-bond donors (Lipinski definition) is 0. The largest absolute Gasteiger partial charge is 0.454 e. The van der Waals surface area contributed by atoms with Crippen molar-refractivity contribution in [2.45, 2.75) is 13.2 Å². The van der Waals surface area contributed by atoms with Gasteiger partial charge >= 0.3 is 11.9 Å². The second-order valence-electron chi connectivity index (χ2n) is 5.46. The van der Waals surface area contributed by atoms with E-state index in [4.69, 9.17) is 9.47 Å². The Balaban J connectivity index is 1.60. The van der Waals surface area contributed by atoms with Gasteiger partial charge in [-0.2, -0.15) is 0 Å². The lowest BCUT2D eigenvalue weighted by molar-refractivity contribution is 0.0451. The summed E-state index contributed by atoms with van der Waals surface area (Å²) in [4.78, 5) is 36.8. The SMILES string of the molecule is O=C(OCc1cccc(Br)n1)c1cccc(C(=O)OCc2cccc(Br)n2)n1. The number of carbonyl (C=O) groups is 2. The number of carbonyl (C=O) groups excluding carboxylic acids is 2. The predicted molar refractivity (Wildman–Crippen MR) is 106 cm³/mol. The zero-order valence-corrected chi connectivity index (χ0v) is 17.5. The van der Waals surface area contributed by atoms with Gasteiger partial charge in [0.15, 0.2) is 0 Å². The maximum Gasteiger partial charge on any atom is 0.357 e. The average molecular weight is 507 g/mol. The molecule has 0 saturated carbocycles. The molecule has 0 aliphatic carbocycles. The fourth-order valence-corrected chi connectivity index (χ4v) is 2.91. The molecule has 7 nitrogen and oxygen atoms in total. The molecular weight excluding hydrogens is 494 g/mol. The van der Waals surface area contributed by atoms with Crippen LogP contribution in [0.4, 0.5) is 0 Å². The summed E-state index contributed by atoms with van der Waals surface area (Å²) < 4.78 is 11.7. The second-order valence-corrected chi connectivity index (χ2v) is 7.09. The zero-order chi connectivity index (χ0) is 19.9. The van der Waals surface area contributed by atoms with Crippen LogP contribution in [0.25, 0.3) is 0 Å². The van der Waals surface area contributed by atoms with Crippen molar-refractivity contribution < 1.29 is 19.1 Å². The number of halogens is 2. The Labute approximate surface area is 177 Å². The van der Waals surface area contributed by atoms with E-state index < -0.39 is 11.9 Å². The number of esters is 2. The van der Waals surface area contributed by atoms with E-state index in [2.05, 4.69) is 46.8 Å². The normalized spacial score (nSPS) is 10.4. The molecule has 0 saturated heterocycles. The fraction of sp³-hybridized carbons (Fsp3) is 0.105. The average Bonchev–Trinajstić information content (AvgIpc) is 2.70. The summed E-state index contributed by atoms with van der Waals surface area (Å²) in [5.74, 6) is -1.32. The van der Waals surface area contributed by atoms with E-state index in [0.29, 0.717) is 20.6 Å². The lowest BCUT2D eigenvalue weighted by atomic mass is 10.3. The molecule has 0 aromatic carbocycles. The van der Waals surface area contributed by atoms with Gasteiger partial charge in [-0.3, -0.25) is 0 Å². The number of rotatable bonds is 6. The Kier molecular flexibility index (Phi) is 6.83. The lowest BCUT2D eigenvalue weighted by Gasteiger charge is -2.07. The van der Waals surface area contributed by atoms with Crippen LogP contribution < -0.4 is 0 Å². The first kappa shape index (κ1) is 20.1. The molecule has 28 heavy (non-hydrogen) atoms. The predicted octanol–water partition coefficient (Wildman–Crippen LogP) is 4.11. The van der Waals surface area contributed by atoms with Gasteiger partial charge in [-0.1, -0.05) is 18.2 Å². The smallest absolute Gasteiger partial charge is 0.357 e. The molecule has 0 N–H and O–H groups in total. The van der Waals surface area contributed by atoms with Crippen LogP contribution in [-0.4, -0.2) is 26.9 Å². The highest BCUT2D eigenvalue weighted by Crippen LogP contribution is 2.11. The summed E-state index contributed by atoms with van der Waals surface area (Å²) in [5.41, 5.74) is 1.18. The molecule has 0 amide bonds. The summed E-state index contributed by atoms with van der Waals surface area (Å²) in [6, 6.07) is 15.0. The van der Waals surface area contributed by atoms with Crippen molar-refractivity contribution in [2.75, 3.05) is 0 Å². The highest BCUT2D eigenvalue weighted by Gasteiger charge is 2.15. The molecule has 0 aliphatic heterocycles. The van der Waals surface area contributed by atoms with E-state index in [0.717, 1.165) is 0 Å². The molecule has 0 bridgehead atoms. The van der Waals surface area contributed by atoms with E-state index >= 15 is 0 Å². The lowest BCUT2D eigenvalue weighted by Crippen LogP contribution is -2.13. The van der Waals surface area contributed by atoms with Crippen molar-refractivity contribution in [1.82, 2.24) is 15.0 Å². The fourth-order valence-electron chi connectivity index (χ4n) is 2.15. The van der Waals surface area contributed by atoms with Crippen LogP contribution in [0, 0.1) is 0 Å². The third-order valence-corrected chi connectivity index (χ3v) is 4.30. The Morgan fingerprint density at radius 1 is 0.679 bits per heavy atom. The minimum Gasteiger partial charge on any atom is -0.454 e. The van der Waals surface area contributed by atoms with Crippen LogP contribution in [0.3, 0.4) is 0 Å². The highest BCUT2D eigenvalue weighted by molar-refractivity contribution is 9.10. The molecule has 0 atom stereocenters. The Morgan fingerprint density at radius 3 is 1.54 bits per heavy atom. The van der Waals surface area contributed by atoms with Gasteiger partial charge in [0, 0.05) is 0 Å². The maximum atomic E-state index is 12.2. The molecule has 9 heteroatoms. The molecule has 0 aliphatic rings. The van der Waals surface area contributed by atoms with Crippen molar-refractivity contribution in [3.05, 3.63) is 86.6 Å². The van der Waals surface area contributed by atoms with Gasteiger partial charge in [0.05, 0.1) is 11.4 Å². The quantitative estimate of drug-likeness (QED) is 0.367. The first-order valence-corrected chi connectivity index (χ1v) is 9.64. The molecule has 0 spiro atoms. The second kappa shape index (κ2) is 9.52. The van der Waals surface area contributed by atoms with Crippen molar-refractivity contribution in [1.29, 1.82) is 0 Å². The Morgan fingerprint density at radius 2 is 1.11 bits per heavy atom. The Hall–Kier alpha value is -2.65. The van der Waals surface area contributed by atoms with Crippen LogP contribution in [0.2, 0.25) is 0 Å². The number of hydrogen-bond acceptors (Lipinski definition) is 7. The molecule has 3 aromatic heterocycles. The molecule has 0 radical (unpaired) electrons. The molecule has 3 aromatic rings. The van der Waals surface area contributed by atoms with Crippen molar-refractivity contribution in [3.8, 4) is 0 Å². The van der Waals surface area contributed by atoms with Crippen molar-refractivity contribution >= 4 is 43.8 Å². The van der Waals surface area contributed by atoms with Gasteiger partial charge in [-0.25, -0.2) is 24.5 Å². The summed E-state index contributed by atoms with van der Waals surface area (Å²) in [6.07, 6.45) is 0. The van der Waals surface area contributed by atoms with Gasteiger partial charge in [0.2, 0.25) is 0 Å². The maximum absolute atomic E-state index is 12.2.